The van der Waals surface area contributed by atoms with Gasteiger partial charge in [-0.15, -0.1) is 0 Å². The minimum absolute atomic E-state index is 0.165. The van der Waals surface area contributed by atoms with E-state index in [1.54, 1.807) is 6.07 Å². The number of ether oxygens (including phenoxy) is 1. The Hall–Kier alpha value is -3.69. The van der Waals surface area contributed by atoms with Crippen LogP contribution in [0.25, 0.3) is 0 Å². The first-order chi connectivity index (χ1) is 15.7. The second kappa shape index (κ2) is 8.81. The fourth-order valence-corrected chi connectivity index (χ4v) is 4.33. The molecule has 1 atom stereocenters. The molecule has 6 heteroatoms. The van der Waals surface area contributed by atoms with Crippen LogP contribution in [0.4, 0.5) is 5.69 Å². The molecule has 1 saturated heterocycles. The number of carbonyl (C=O) groups is 1. The average molecular weight is 425 g/mol. The van der Waals surface area contributed by atoms with Gasteiger partial charge in [0.25, 0.3) is 5.91 Å². The van der Waals surface area contributed by atoms with Crippen molar-refractivity contribution in [3.8, 4) is 6.07 Å². The van der Waals surface area contributed by atoms with Crippen molar-refractivity contribution in [2.75, 3.05) is 24.6 Å². The van der Waals surface area contributed by atoms with Crippen molar-refractivity contribution < 1.29 is 9.53 Å². The Labute approximate surface area is 187 Å². The summed E-state index contributed by atoms with van der Waals surface area (Å²) in [6, 6.07) is 22.3. The standard InChI is InChI=1S/C26H24N4O2/c27-12-21-17-32-16-20-7-6-19(11-25(20)21)26(31)29-13-23-10-18(8-9-28-23)22-14-30(15-22)24-4-2-1-3-5-24/h1-11,21-22H,13-17H2,(H,29,31). The summed E-state index contributed by atoms with van der Waals surface area (Å²) >= 11 is 0. The molecule has 1 amide bonds. The van der Waals surface area contributed by atoms with E-state index in [-0.39, 0.29) is 11.8 Å². The van der Waals surface area contributed by atoms with Crippen LogP contribution in [-0.2, 0) is 17.9 Å². The highest BCUT2D eigenvalue weighted by Gasteiger charge is 2.28. The maximum atomic E-state index is 12.7. The highest BCUT2D eigenvalue weighted by atomic mass is 16.5. The van der Waals surface area contributed by atoms with Gasteiger partial charge in [0.2, 0.25) is 0 Å². The zero-order valence-corrected chi connectivity index (χ0v) is 17.7. The number of fused-ring (bicyclic) bond motifs is 1. The Bertz CT molecular complexity index is 1170. The largest absolute Gasteiger partial charge is 0.375 e. The number of hydrogen-bond donors (Lipinski definition) is 1. The molecule has 0 spiro atoms. The summed E-state index contributed by atoms with van der Waals surface area (Å²) in [6.07, 6.45) is 1.82. The summed E-state index contributed by atoms with van der Waals surface area (Å²) in [4.78, 5) is 19.5. The molecule has 2 aliphatic heterocycles. The molecular formula is C26H24N4O2. The smallest absolute Gasteiger partial charge is 0.251 e. The van der Waals surface area contributed by atoms with Crippen molar-refractivity contribution in [3.63, 3.8) is 0 Å². The van der Waals surface area contributed by atoms with Crippen LogP contribution in [0.1, 0.15) is 44.6 Å². The number of nitriles is 1. The predicted molar refractivity (Wildman–Crippen MR) is 121 cm³/mol. The van der Waals surface area contributed by atoms with Gasteiger partial charge in [-0.05, 0) is 53.1 Å². The van der Waals surface area contributed by atoms with Crippen LogP contribution in [-0.4, -0.2) is 30.6 Å². The molecule has 6 nitrogen and oxygen atoms in total. The highest BCUT2D eigenvalue weighted by molar-refractivity contribution is 5.94. The van der Waals surface area contributed by atoms with Crippen molar-refractivity contribution in [1.82, 2.24) is 10.3 Å². The maximum Gasteiger partial charge on any atom is 0.251 e. The third-order valence-electron chi connectivity index (χ3n) is 6.23. The summed E-state index contributed by atoms with van der Waals surface area (Å²) < 4.78 is 5.45. The molecule has 2 aliphatic rings. The number of pyridine rings is 1. The van der Waals surface area contributed by atoms with E-state index >= 15 is 0 Å². The predicted octanol–water partition coefficient (Wildman–Crippen LogP) is 3.75. The second-order valence-electron chi connectivity index (χ2n) is 8.31. The third kappa shape index (κ3) is 4.08. The number of anilines is 1. The van der Waals surface area contributed by atoms with Gasteiger partial charge in [0, 0.05) is 36.5 Å². The zero-order valence-electron chi connectivity index (χ0n) is 17.7. The van der Waals surface area contributed by atoms with Gasteiger partial charge in [-0.25, -0.2) is 0 Å². The molecule has 1 aromatic heterocycles. The van der Waals surface area contributed by atoms with E-state index in [4.69, 9.17) is 4.74 Å². The zero-order chi connectivity index (χ0) is 21.9. The quantitative estimate of drug-likeness (QED) is 0.675. The summed E-state index contributed by atoms with van der Waals surface area (Å²) in [6.45, 7) is 3.18. The van der Waals surface area contributed by atoms with Crippen molar-refractivity contribution in [2.45, 2.75) is 25.0 Å². The molecule has 0 saturated carbocycles. The molecule has 3 aromatic rings. The van der Waals surface area contributed by atoms with Crippen LogP contribution in [0.2, 0.25) is 0 Å². The third-order valence-corrected chi connectivity index (χ3v) is 6.23. The number of rotatable bonds is 5. The Morgan fingerprint density at radius 1 is 1.16 bits per heavy atom. The number of amides is 1. The Balaban J connectivity index is 1.21. The van der Waals surface area contributed by atoms with Crippen molar-refractivity contribution >= 4 is 11.6 Å². The lowest BCUT2D eigenvalue weighted by atomic mass is 9.91. The molecule has 160 valence electrons. The topological polar surface area (TPSA) is 78.2 Å². The minimum Gasteiger partial charge on any atom is -0.375 e. The molecule has 5 rings (SSSR count). The fourth-order valence-electron chi connectivity index (χ4n) is 4.33. The number of aromatic nitrogens is 1. The van der Waals surface area contributed by atoms with Gasteiger partial charge < -0.3 is 15.0 Å². The van der Waals surface area contributed by atoms with Gasteiger partial charge in [-0.2, -0.15) is 5.26 Å². The molecule has 1 unspecified atom stereocenters. The van der Waals surface area contributed by atoms with Gasteiger partial charge in [0.05, 0.1) is 37.4 Å². The number of hydrogen-bond acceptors (Lipinski definition) is 5. The van der Waals surface area contributed by atoms with Crippen molar-refractivity contribution in [2.24, 2.45) is 0 Å². The molecule has 1 N–H and O–H groups in total. The Morgan fingerprint density at radius 2 is 2.00 bits per heavy atom. The number of nitrogens with zero attached hydrogens (tertiary/aromatic N) is 3. The van der Waals surface area contributed by atoms with E-state index in [0.717, 1.165) is 29.9 Å². The lowest BCUT2D eigenvalue weighted by Gasteiger charge is -2.41. The van der Waals surface area contributed by atoms with Gasteiger partial charge in [0.1, 0.15) is 0 Å². The van der Waals surface area contributed by atoms with E-state index < -0.39 is 0 Å². The van der Waals surface area contributed by atoms with Gasteiger partial charge in [-0.1, -0.05) is 24.3 Å². The lowest BCUT2D eigenvalue weighted by molar-refractivity contribution is 0.0945. The highest BCUT2D eigenvalue weighted by Crippen LogP contribution is 2.31. The van der Waals surface area contributed by atoms with Gasteiger partial charge in [0.15, 0.2) is 0 Å². The van der Waals surface area contributed by atoms with Crippen LogP contribution in [0.15, 0.2) is 66.9 Å². The molecule has 0 radical (unpaired) electrons. The first kappa shape index (κ1) is 20.2. The normalized spacial score (nSPS) is 17.7. The SMILES string of the molecule is N#CC1COCc2ccc(C(=O)NCc3cc(C4CN(c5ccccc5)C4)ccn3)cc21. The van der Waals surface area contributed by atoms with E-state index in [0.29, 0.717) is 31.2 Å². The van der Waals surface area contributed by atoms with Crippen molar-refractivity contribution in [3.05, 3.63) is 94.8 Å². The summed E-state index contributed by atoms with van der Waals surface area (Å²) in [5.41, 5.74) is 5.76. The second-order valence-corrected chi connectivity index (χ2v) is 8.31. The van der Waals surface area contributed by atoms with E-state index in [9.17, 15) is 10.1 Å². The van der Waals surface area contributed by atoms with E-state index in [1.165, 1.54) is 11.3 Å². The van der Waals surface area contributed by atoms with E-state index in [1.807, 2.05) is 24.4 Å². The fraction of sp³-hybridized carbons (Fsp3) is 0.269. The van der Waals surface area contributed by atoms with Gasteiger partial charge >= 0.3 is 0 Å². The molecule has 0 bridgehead atoms. The van der Waals surface area contributed by atoms with E-state index in [2.05, 4.69) is 57.7 Å². The van der Waals surface area contributed by atoms with Gasteiger partial charge in [-0.3, -0.25) is 9.78 Å². The first-order valence-electron chi connectivity index (χ1n) is 10.8. The maximum absolute atomic E-state index is 12.7. The number of para-hydroxylation sites is 1. The minimum atomic E-state index is -0.331. The molecule has 2 aromatic carbocycles. The first-order valence-corrected chi connectivity index (χ1v) is 10.8. The summed E-state index contributed by atoms with van der Waals surface area (Å²) in [7, 11) is 0. The van der Waals surface area contributed by atoms with Crippen LogP contribution >= 0.6 is 0 Å². The average Bonchev–Trinajstić information content (AvgIpc) is 2.82. The van der Waals surface area contributed by atoms with Crippen LogP contribution < -0.4 is 10.2 Å². The van der Waals surface area contributed by atoms with Crippen molar-refractivity contribution in [1.29, 1.82) is 5.26 Å². The Kier molecular flexibility index (Phi) is 5.57. The summed E-state index contributed by atoms with van der Waals surface area (Å²) in [5, 5.41) is 12.3. The molecule has 32 heavy (non-hydrogen) atoms. The lowest BCUT2D eigenvalue weighted by Crippen LogP contribution is -2.45. The number of nitrogens with one attached hydrogen (secondary N) is 1. The monoisotopic (exact) mass is 424 g/mol. The molecule has 3 heterocycles. The van der Waals surface area contributed by atoms with Crippen LogP contribution in [0.5, 0.6) is 0 Å². The Morgan fingerprint density at radius 3 is 2.81 bits per heavy atom. The van der Waals surface area contributed by atoms with Crippen LogP contribution in [0.3, 0.4) is 0 Å². The summed E-state index contributed by atoms with van der Waals surface area (Å²) in [5.74, 6) is -0.0247. The van der Waals surface area contributed by atoms with Crippen LogP contribution in [0, 0.1) is 11.3 Å². The molecular weight excluding hydrogens is 400 g/mol. The molecule has 1 fully saturated rings. The molecule has 0 aliphatic carbocycles. The number of carbonyl (C=O) groups excluding carboxylic acids is 1. The number of benzene rings is 2.